The van der Waals surface area contributed by atoms with Crippen LogP contribution in [0.3, 0.4) is 0 Å². The average Bonchev–Trinajstić information content (AvgIpc) is 2.70. The maximum absolute atomic E-state index is 3.81. The Morgan fingerprint density at radius 2 is 1.46 bits per heavy atom. The summed E-state index contributed by atoms with van der Waals surface area (Å²) < 4.78 is 0. The van der Waals surface area contributed by atoms with Crippen molar-refractivity contribution in [1.82, 2.24) is 0 Å². The summed E-state index contributed by atoms with van der Waals surface area (Å²) in [5.74, 6) is 0. The first-order valence-electron chi connectivity index (χ1n) is 5.52. The quantitative estimate of drug-likeness (QED) is 0.484. The summed E-state index contributed by atoms with van der Waals surface area (Å²) in [5.41, 5.74) is 7.94. The van der Waals surface area contributed by atoms with Crippen LogP contribution in [0.4, 0.5) is 0 Å². The van der Waals surface area contributed by atoms with Gasteiger partial charge in [-0.25, -0.2) is 0 Å². The molecule has 2 aliphatic rings. The second kappa shape index (κ2) is 3.98. The molecule has 2 fully saturated rings. The topological polar surface area (TPSA) is 0 Å². The van der Waals surface area contributed by atoms with Gasteiger partial charge in [-0.1, -0.05) is 12.2 Å². The molecule has 2 rings (SSSR count). The average molecular weight is 174 g/mol. The minimum absolute atomic E-state index is 1.22. The molecule has 0 nitrogen and oxygen atoms in total. The Hall–Kier alpha value is -0.740. The first-order valence-corrected chi connectivity index (χ1v) is 5.52. The van der Waals surface area contributed by atoms with Gasteiger partial charge in [0.2, 0.25) is 0 Å². The van der Waals surface area contributed by atoms with Gasteiger partial charge in [-0.15, -0.1) is 5.73 Å². The number of rotatable bonds is 0. The van der Waals surface area contributed by atoms with Crippen molar-refractivity contribution in [2.24, 2.45) is 0 Å². The highest BCUT2D eigenvalue weighted by Gasteiger charge is 2.17. The van der Waals surface area contributed by atoms with E-state index in [2.05, 4.69) is 12.3 Å². The van der Waals surface area contributed by atoms with E-state index in [4.69, 9.17) is 0 Å². The molecular formula is C13H18. The monoisotopic (exact) mass is 174 g/mol. The fraction of sp³-hybridized carbons (Fsp3) is 0.615. The van der Waals surface area contributed by atoms with E-state index < -0.39 is 0 Å². The van der Waals surface area contributed by atoms with E-state index in [9.17, 15) is 0 Å². The molecule has 0 heteroatoms. The third-order valence-electron chi connectivity index (χ3n) is 3.32. The number of hydrogen-bond acceptors (Lipinski definition) is 0. The highest BCUT2D eigenvalue weighted by atomic mass is 14.2. The lowest BCUT2D eigenvalue weighted by molar-refractivity contribution is 0.671. The SMILES string of the molecule is C=C=C1CCCCC1=C1CCCC1. The highest BCUT2D eigenvalue weighted by Crippen LogP contribution is 2.36. The summed E-state index contributed by atoms with van der Waals surface area (Å²) in [6.07, 6.45) is 10.8. The molecule has 0 saturated heterocycles. The van der Waals surface area contributed by atoms with Crippen LogP contribution in [0.1, 0.15) is 51.4 Å². The van der Waals surface area contributed by atoms with Crippen LogP contribution in [-0.2, 0) is 0 Å². The Kier molecular flexibility index (Phi) is 2.71. The van der Waals surface area contributed by atoms with Gasteiger partial charge in [-0.05, 0) is 62.5 Å². The predicted molar refractivity (Wildman–Crippen MR) is 56.6 cm³/mol. The first-order chi connectivity index (χ1) is 6.42. The van der Waals surface area contributed by atoms with Crippen LogP contribution in [0.5, 0.6) is 0 Å². The number of hydrogen-bond donors (Lipinski definition) is 0. The van der Waals surface area contributed by atoms with Gasteiger partial charge in [-0.2, -0.15) is 0 Å². The summed E-state index contributed by atoms with van der Waals surface area (Å²) in [7, 11) is 0. The fourth-order valence-corrected chi connectivity index (χ4v) is 2.59. The van der Waals surface area contributed by atoms with Crippen molar-refractivity contribution >= 4 is 0 Å². The summed E-state index contributed by atoms with van der Waals surface area (Å²) in [6.45, 7) is 3.81. The molecule has 0 amide bonds. The van der Waals surface area contributed by atoms with Crippen molar-refractivity contribution in [3.05, 3.63) is 29.0 Å². The van der Waals surface area contributed by atoms with E-state index in [0.717, 1.165) is 0 Å². The van der Waals surface area contributed by atoms with Crippen LogP contribution >= 0.6 is 0 Å². The molecule has 0 aliphatic heterocycles. The van der Waals surface area contributed by atoms with Gasteiger partial charge in [0.05, 0.1) is 0 Å². The van der Waals surface area contributed by atoms with Crippen LogP contribution in [0, 0.1) is 0 Å². The van der Waals surface area contributed by atoms with Crippen LogP contribution in [0.25, 0.3) is 0 Å². The van der Waals surface area contributed by atoms with Crippen molar-refractivity contribution in [3.8, 4) is 0 Å². The smallest absolute Gasteiger partial charge is 0.00350 e. The van der Waals surface area contributed by atoms with Gasteiger partial charge in [-0.3, -0.25) is 0 Å². The van der Waals surface area contributed by atoms with E-state index in [0.29, 0.717) is 0 Å². The van der Waals surface area contributed by atoms with Crippen LogP contribution in [0.15, 0.2) is 29.0 Å². The van der Waals surface area contributed by atoms with E-state index in [1.807, 2.05) is 0 Å². The van der Waals surface area contributed by atoms with Gasteiger partial charge >= 0.3 is 0 Å². The molecule has 0 heterocycles. The third-order valence-corrected chi connectivity index (χ3v) is 3.32. The number of allylic oxidation sites excluding steroid dienone is 3. The Bertz CT molecular complexity index is 266. The van der Waals surface area contributed by atoms with Crippen molar-refractivity contribution in [1.29, 1.82) is 0 Å². The van der Waals surface area contributed by atoms with Gasteiger partial charge in [0.25, 0.3) is 0 Å². The lowest BCUT2D eigenvalue weighted by Gasteiger charge is -2.18. The summed E-state index contributed by atoms with van der Waals surface area (Å²) in [5, 5.41) is 0. The molecule has 70 valence electrons. The van der Waals surface area contributed by atoms with E-state index in [-0.39, 0.29) is 0 Å². The lowest BCUT2D eigenvalue weighted by Crippen LogP contribution is -2.00. The molecule has 0 unspecified atom stereocenters. The Morgan fingerprint density at radius 3 is 2.15 bits per heavy atom. The standard InChI is InChI=1S/C13H18/c1-2-11-7-5-6-10-13(11)12-8-3-4-9-12/h1,3-10H2. The molecule has 0 aromatic heterocycles. The zero-order chi connectivity index (χ0) is 9.10. The molecule has 0 atom stereocenters. The Morgan fingerprint density at radius 1 is 0.846 bits per heavy atom. The van der Waals surface area contributed by atoms with Gasteiger partial charge in [0.15, 0.2) is 0 Å². The molecule has 0 aromatic carbocycles. The Labute approximate surface area is 81.0 Å². The fourth-order valence-electron chi connectivity index (χ4n) is 2.59. The van der Waals surface area contributed by atoms with Crippen molar-refractivity contribution < 1.29 is 0 Å². The third kappa shape index (κ3) is 1.78. The molecular weight excluding hydrogens is 156 g/mol. The maximum atomic E-state index is 3.81. The second-order valence-corrected chi connectivity index (χ2v) is 4.15. The molecule has 2 saturated carbocycles. The summed E-state index contributed by atoms with van der Waals surface area (Å²) in [4.78, 5) is 0. The minimum atomic E-state index is 1.22. The Balaban J connectivity index is 2.28. The molecule has 0 radical (unpaired) electrons. The van der Waals surface area contributed by atoms with Crippen LogP contribution < -0.4 is 0 Å². The highest BCUT2D eigenvalue weighted by molar-refractivity contribution is 5.37. The van der Waals surface area contributed by atoms with Crippen molar-refractivity contribution in [3.63, 3.8) is 0 Å². The molecule has 2 aliphatic carbocycles. The van der Waals surface area contributed by atoms with E-state index >= 15 is 0 Å². The zero-order valence-corrected chi connectivity index (χ0v) is 8.36. The summed E-state index contributed by atoms with van der Waals surface area (Å²) in [6, 6.07) is 0. The van der Waals surface area contributed by atoms with E-state index in [1.54, 1.807) is 11.1 Å². The molecule has 0 bridgehead atoms. The van der Waals surface area contributed by atoms with Gasteiger partial charge < -0.3 is 0 Å². The van der Waals surface area contributed by atoms with Crippen LogP contribution in [0.2, 0.25) is 0 Å². The van der Waals surface area contributed by atoms with Gasteiger partial charge in [0, 0.05) is 0 Å². The van der Waals surface area contributed by atoms with Crippen molar-refractivity contribution in [2.45, 2.75) is 51.4 Å². The van der Waals surface area contributed by atoms with E-state index in [1.165, 1.54) is 56.9 Å². The minimum Gasteiger partial charge on any atom is -0.125 e. The maximum Gasteiger partial charge on any atom is -0.00350 e. The normalized spacial score (nSPS) is 23.5. The zero-order valence-electron chi connectivity index (χ0n) is 8.36. The first kappa shape index (κ1) is 8.84. The second-order valence-electron chi connectivity index (χ2n) is 4.15. The largest absolute Gasteiger partial charge is 0.125 e. The predicted octanol–water partition coefficient (Wildman–Crippen LogP) is 4.14. The van der Waals surface area contributed by atoms with Crippen LogP contribution in [-0.4, -0.2) is 0 Å². The molecule has 0 spiro atoms. The summed E-state index contributed by atoms with van der Waals surface area (Å²) >= 11 is 0. The lowest BCUT2D eigenvalue weighted by atomic mass is 9.86. The van der Waals surface area contributed by atoms with Gasteiger partial charge in [0.1, 0.15) is 0 Å². The molecule has 0 N–H and O–H groups in total. The molecule has 13 heavy (non-hydrogen) atoms. The van der Waals surface area contributed by atoms with Crippen molar-refractivity contribution in [2.75, 3.05) is 0 Å². The molecule has 0 aromatic rings.